The van der Waals surface area contributed by atoms with E-state index in [1.54, 1.807) is 0 Å². The van der Waals surface area contributed by atoms with Gasteiger partial charge in [-0.05, 0) is 18.4 Å². The highest BCUT2D eigenvalue weighted by Crippen LogP contribution is 2.22. The topological polar surface area (TPSA) is 64.9 Å². The minimum absolute atomic E-state index is 0.0393. The van der Waals surface area contributed by atoms with Crippen LogP contribution in [-0.4, -0.2) is 16.3 Å². The van der Waals surface area contributed by atoms with E-state index in [-0.39, 0.29) is 18.1 Å². The van der Waals surface area contributed by atoms with Crippen LogP contribution in [0.3, 0.4) is 0 Å². The summed E-state index contributed by atoms with van der Waals surface area (Å²) in [5.41, 5.74) is 7.05. The van der Waals surface area contributed by atoms with Gasteiger partial charge in [-0.1, -0.05) is 35.5 Å². The standard InChI is InChI=1S/C14H16F3N3O/c15-14(16,17)9-8-12-19-13(21-20-12)11(18)7-6-10-4-2-1-3-5-10/h1-5,11H,6-9,18H2/t11-/m0/s1. The van der Waals surface area contributed by atoms with E-state index in [1.807, 2.05) is 30.3 Å². The summed E-state index contributed by atoms with van der Waals surface area (Å²) in [6.07, 6.45) is -4.16. The normalized spacial score (nSPS) is 13.3. The van der Waals surface area contributed by atoms with Crippen LogP contribution in [0.5, 0.6) is 0 Å². The van der Waals surface area contributed by atoms with Gasteiger partial charge in [-0.15, -0.1) is 0 Å². The molecule has 0 unspecified atom stereocenters. The van der Waals surface area contributed by atoms with Crippen LogP contribution in [0.4, 0.5) is 13.2 Å². The molecule has 2 aromatic rings. The van der Waals surface area contributed by atoms with E-state index in [9.17, 15) is 13.2 Å². The largest absolute Gasteiger partial charge is 0.389 e. The van der Waals surface area contributed by atoms with E-state index in [0.29, 0.717) is 6.42 Å². The summed E-state index contributed by atoms with van der Waals surface area (Å²) in [6, 6.07) is 9.28. The molecule has 0 aliphatic carbocycles. The number of rotatable bonds is 6. The number of benzene rings is 1. The van der Waals surface area contributed by atoms with E-state index >= 15 is 0 Å². The zero-order valence-corrected chi connectivity index (χ0v) is 11.3. The van der Waals surface area contributed by atoms with Gasteiger partial charge in [0.05, 0.1) is 12.5 Å². The molecule has 0 aliphatic rings. The zero-order valence-electron chi connectivity index (χ0n) is 11.3. The first kappa shape index (κ1) is 15.5. The Morgan fingerprint density at radius 2 is 1.86 bits per heavy atom. The SMILES string of the molecule is N[C@@H](CCc1ccccc1)c1nc(CCC(F)(F)F)no1. The lowest BCUT2D eigenvalue weighted by Gasteiger charge is -2.06. The van der Waals surface area contributed by atoms with Crippen molar-refractivity contribution in [1.29, 1.82) is 0 Å². The van der Waals surface area contributed by atoms with Crippen LogP contribution in [0.15, 0.2) is 34.9 Å². The third-order valence-corrected chi connectivity index (χ3v) is 3.02. The molecule has 0 saturated carbocycles. The van der Waals surface area contributed by atoms with Crippen LogP contribution in [-0.2, 0) is 12.8 Å². The smallest absolute Gasteiger partial charge is 0.338 e. The third kappa shape index (κ3) is 5.18. The molecule has 114 valence electrons. The Morgan fingerprint density at radius 1 is 1.14 bits per heavy atom. The Morgan fingerprint density at radius 3 is 2.52 bits per heavy atom. The van der Waals surface area contributed by atoms with Crippen LogP contribution < -0.4 is 5.73 Å². The molecule has 0 amide bonds. The fourth-order valence-electron chi connectivity index (χ4n) is 1.86. The highest BCUT2D eigenvalue weighted by Gasteiger charge is 2.28. The van der Waals surface area contributed by atoms with E-state index in [2.05, 4.69) is 10.1 Å². The number of nitrogens with zero attached hydrogens (tertiary/aromatic N) is 2. The van der Waals surface area contributed by atoms with Gasteiger partial charge in [0.2, 0.25) is 5.89 Å². The van der Waals surface area contributed by atoms with Crippen molar-refractivity contribution < 1.29 is 17.7 Å². The van der Waals surface area contributed by atoms with Crippen molar-refractivity contribution in [3.05, 3.63) is 47.6 Å². The Kier molecular flexibility index (Phi) is 4.95. The Balaban J connectivity index is 1.85. The fourth-order valence-corrected chi connectivity index (χ4v) is 1.86. The Hall–Kier alpha value is -1.89. The maximum atomic E-state index is 12.1. The van der Waals surface area contributed by atoms with Crippen molar-refractivity contribution in [2.24, 2.45) is 5.73 Å². The van der Waals surface area contributed by atoms with Crippen molar-refractivity contribution in [1.82, 2.24) is 10.1 Å². The lowest BCUT2D eigenvalue weighted by atomic mass is 10.1. The van der Waals surface area contributed by atoms with E-state index < -0.39 is 18.6 Å². The number of halogens is 3. The second-order valence-electron chi connectivity index (χ2n) is 4.79. The van der Waals surface area contributed by atoms with E-state index in [4.69, 9.17) is 10.3 Å². The predicted octanol–water partition coefficient (Wildman–Crippen LogP) is 3.20. The molecule has 2 N–H and O–H groups in total. The van der Waals surface area contributed by atoms with Gasteiger partial charge in [0.25, 0.3) is 0 Å². The van der Waals surface area contributed by atoms with Gasteiger partial charge in [0.15, 0.2) is 5.82 Å². The summed E-state index contributed by atoms with van der Waals surface area (Å²) >= 11 is 0. The number of aromatic nitrogens is 2. The van der Waals surface area contributed by atoms with Crippen LogP contribution in [0.1, 0.15) is 36.2 Å². The Bertz CT molecular complexity index is 554. The van der Waals surface area contributed by atoms with Gasteiger partial charge < -0.3 is 10.3 Å². The summed E-state index contributed by atoms with van der Waals surface area (Å²) in [5, 5.41) is 3.53. The van der Waals surface area contributed by atoms with Crippen LogP contribution in [0, 0.1) is 0 Å². The van der Waals surface area contributed by atoms with E-state index in [0.717, 1.165) is 12.0 Å². The molecule has 1 aromatic carbocycles. The van der Waals surface area contributed by atoms with Crippen molar-refractivity contribution in [2.75, 3.05) is 0 Å². The fraction of sp³-hybridized carbons (Fsp3) is 0.429. The second-order valence-corrected chi connectivity index (χ2v) is 4.79. The monoisotopic (exact) mass is 299 g/mol. The lowest BCUT2D eigenvalue weighted by Crippen LogP contribution is -2.12. The number of aryl methyl sites for hydroxylation is 2. The van der Waals surface area contributed by atoms with Gasteiger partial charge in [-0.2, -0.15) is 18.2 Å². The third-order valence-electron chi connectivity index (χ3n) is 3.02. The number of nitrogens with two attached hydrogens (primary N) is 1. The van der Waals surface area contributed by atoms with Crippen molar-refractivity contribution >= 4 is 0 Å². The molecule has 7 heteroatoms. The molecule has 0 aliphatic heterocycles. The lowest BCUT2D eigenvalue weighted by molar-refractivity contribution is -0.134. The number of hydrogen-bond acceptors (Lipinski definition) is 4. The molecule has 0 bridgehead atoms. The molecular formula is C14H16F3N3O. The minimum atomic E-state index is -4.23. The summed E-state index contributed by atoms with van der Waals surface area (Å²) < 4.78 is 41.2. The maximum Gasteiger partial charge on any atom is 0.389 e. The van der Waals surface area contributed by atoms with Crippen LogP contribution >= 0.6 is 0 Å². The molecule has 0 fully saturated rings. The number of alkyl halides is 3. The molecule has 1 heterocycles. The van der Waals surface area contributed by atoms with Crippen LogP contribution in [0.2, 0.25) is 0 Å². The van der Waals surface area contributed by atoms with Crippen molar-refractivity contribution in [3.8, 4) is 0 Å². The molecule has 2 rings (SSSR count). The molecular weight excluding hydrogens is 283 g/mol. The molecule has 21 heavy (non-hydrogen) atoms. The first-order valence-electron chi connectivity index (χ1n) is 6.63. The minimum Gasteiger partial charge on any atom is -0.338 e. The quantitative estimate of drug-likeness (QED) is 0.889. The molecule has 0 spiro atoms. The van der Waals surface area contributed by atoms with Crippen molar-refractivity contribution in [3.63, 3.8) is 0 Å². The molecule has 4 nitrogen and oxygen atoms in total. The Labute approximate surface area is 120 Å². The zero-order chi connectivity index (χ0) is 15.3. The average Bonchev–Trinajstić information content (AvgIpc) is 2.92. The predicted molar refractivity (Wildman–Crippen MR) is 70.4 cm³/mol. The van der Waals surface area contributed by atoms with Crippen molar-refractivity contribution in [2.45, 2.75) is 37.9 Å². The molecule has 1 aromatic heterocycles. The molecule has 1 atom stereocenters. The van der Waals surface area contributed by atoms with E-state index in [1.165, 1.54) is 0 Å². The van der Waals surface area contributed by atoms with Crippen LogP contribution in [0.25, 0.3) is 0 Å². The average molecular weight is 299 g/mol. The first-order valence-corrected chi connectivity index (χ1v) is 6.63. The van der Waals surface area contributed by atoms with Gasteiger partial charge >= 0.3 is 6.18 Å². The van der Waals surface area contributed by atoms with Gasteiger partial charge in [0.1, 0.15) is 0 Å². The van der Waals surface area contributed by atoms with Gasteiger partial charge in [-0.3, -0.25) is 0 Å². The maximum absolute atomic E-state index is 12.1. The summed E-state index contributed by atoms with van der Waals surface area (Å²) in [7, 11) is 0. The van der Waals surface area contributed by atoms with Gasteiger partial charge in [0, 0.05) is 6.42 Å². The highest BCUT2D eigenvalue weighted by atomic mass is 19.4. The number of hydrogen-bond donors (Lipinski definition) is 1. The molecule has 0 saturated heterocycles. The summed E-state index contributed by atoms with van der Waals surface area (Å²) in [4.78, 5) is 3.92. The van der Waals surface area contributed by atoms with Gasteiger partial charge in [-0.25, -0.2) is 0 Å². The first-order chi connectivity index (χ1) is 9.94. The summed E-state index contributed by atoms with van der Waals surface area (Å²) in [5.74, 6) is 0.223. The summed E-state index contributed by atoms with van der Waals surface area (Å²) in [6.45, 7) is 0. The second kappa shape index (κ2) is 6.71. The molecule has 0 radical (unpaired) electrons. The highest BCUT2D eigenvalue weighted by molar-refractivity contribution is 5.15.